The van der Waals surface area contributed by atoms with E-state index in [0.717, 1.165) is 64.2 Å². The molecule has 0 atom stereocenters. The summed E-state index contributed by atoms with van der Waals surface area (Å²) in [6, 6.07) is 0. The van der Waals surface area contributed by atoms with E-state index < -0.39 is 0 Å². The molecule has 0 spiro atoms. The summed E-state index contributed by atoms with van der Waals surface area (Å²) in [5, 5.41) is 6.90. The molecule has 1 saturated carbocycles. The van der Waals surface area contributed by atoms with E-state index in [2.05, 4.69) is 21.9 Å². The zero-order valence-electron chi connectivity index (χ0n) is 16.2. The van der Waals surface area contributed by atoms with Crippen molar-refractivity contribution in [2.24, 2.45) is 10.4 Å². The number of nitrogens with one attached hydrogen (secondary N) is 2. The number of hydrogen-bond acceptors (Lipinski definition) is 4. The van der Waals surface area contributed by atoms with Gasteiger partial charge in [0.05, 0.1) is 5.41 Å². The molecule has 7 heteroatoms. The van der Waals surface area contributed by atoms with Crippen LogP contribution in [0.15, 0.2) is 4.99 Å². The van der Waals surface area contributed by atoms with Gasteiger partial charge in [-0.25, -0.2) is 0 Å². The first-order valence-corrected chi connectivity index (χ1v) is 10.5. The third-order valence-electron chi connectivity index (χ3n) is 5.65. The van der Waals surface area contributed by atoms with Crippen LogP contribution >= 0.6 is 11.8 Å². The fourth-order valence-corrected chi connectivity index (χ4v) is 4.70. The monoisotopic (exact) mass is 370 g/mol. The minimum atomic E-state index is -0.281. The van der Waals surface area contributed by atoms with Crippen molar-refractivity contribution in [1.29, 1.82) is 0 Å². The van der Waals surface area contributed by atoms with E-state index >= 15 is 0 Å². The summed E-state index contributed by atoms with van der Waals surface area (Å²) in [4.78, 5) is 18.8. The second kappa shape index (κ2) is 9.12. The molecule has 2 rings (SSSR count). The lowest BCUT2D eigenvalue weighted by Gasteiger charge is -2.36. The van der Waals surface area contributed by atoms with Gasteiger partial charge in [-0.15, -0.1) is 0 Å². The van der Waals surface area contributed by atoms with Crippen LogP contribution in [0.4, 0.5) is 0 Å². The molecule has 1 amide bonds. The lowest BCUT2D eigenvalue weighted by molar-refractivity contribution is -0.138. The van der Waals surface area contributed by atoms with Crippen molar-refractivity contribution in [3.63, 3.8) is 0 Å². The van der Waals surface area contributed by atoms with Crippen molar-refractivity contribution in [2.75, 3.05) is 53.7 Å². The van der Waals surface area contributed by atoms with Gasteiger partial charge in [0.25, 0.3) is 0 Å². The first-order valence-electron chi connectivity index (χ1n) is 9.26. The van der Waals surface area contributed by atoms with Gasteiger partial charge < -0.3 is 20.3 Å². The van der Waals surface area contributed by atoms with Crippen LogP contribution in [-0.4, -0.2) is 75.2 Å². The largest absolute Gasteiger partial charge is 0.381 e. The number of amides is 1. The number of hydrogen-bond donors (Lipinski definition) is 2. The van der Waals surface area contributed by atoms with Gasteiger partial charge in [0, 0.05) is 52.2 Å². The summed E-state index contributed by atoms with van der Waals surface area (Å²) in [6.07, 6.45) is 8.46. The normalized spacial score (nSPS) is 22.5. The van der Waals surface area contributed by atoms with Crippen LogP contribution in [0.2, 0.25) is 0 Å². The fourth-order valence-electron chi connectivity index (χ4n) is 3.91. The molecule has 2 fully saturated rings. The number of thioether (sulfide) groups is 1. The number of aliphatic imine (C=N–C) groups is 1. The summed E-state index contributed by atoms with van der Waals surface area (Å²) in [7, 11) is 5.49. The van der Waals surface area contributed by atoms with E-state index in [-0.39, 0.29) is 16.1 Å². The summed E-state index contributed by atoms with van der Waals surface area (Å²) >= 11 is 1.91. The standard InChI is InChI=1S/C18H34N4O2S/c1-19-16(21-14-18(25-4)9-11-24-12-10-18)20-13-17(7-5-6-8-17)15(23)22(2)3/h5-14H2,1-4H3,(H2,19,20,21). The number of ether oxygens (including phenoxy) is 1. The van der Waals surface area contributed by atoms with Crippen LogP contribution in [0.5, 0.6) is 0 Å². The van der Waals surface area contributed by atoms with Crippen molar-refractivity contribution >= 4 is 23.6 Å². The Labute approximate surface area is 156 Å². The Morgan fingerprint density at radius 2 is 1.72 bits per heavy atom. The maximum Gasteiger partial charge on any atom is 0.230 e. The smallest absolute Gasteiger partial charge is 0.230 e. The molecule has 6 nitrogen and oxygen atoms in total. The maximum absolute atomic E-state index is 12.7. The second-order valence-electron chi connectivity index (χ2n) is 7.47. The Balaban J connectivity index is 1.92. The molecular weight excluding hydrogens is 336 g/mol. The van der Waals surface area contributed by atoms with E-state index in [4.69, 9.17) is 4.74 Å². The second-order valence-corrected chi connectivity index (χ2v) is 8.74. The van der Waals surface area contributed by atoms with Crippen molar-refractivity contribution in [2.45, 2.75) is 43.3 Å². The third-order valence-corrected chi connectivity index (χ3v) is 7.07. The molecule has 25 heavy (non-hydrogen) atoms. The topological polar surface area (TPSA) is 66.0 Å². The molecular formula is C18H34N4O2S. The highest BCUT2D eigenvalue weighted by Crippen LogP contribution is 2.39. The number of guanidine groups is 1. The lowest BCUT2D eigenvalue weighted by atomic mass is 9.84. The Hall–Kier alpha value is -0.950. The highest BCUT2D eigenvalue weighted by atomic mass is 32.2. The lowest BCUT2D eigenvalue weighted by Crippen LogP contribution is -2.52. The SMILES string of the molecule is CN=C(NCC1(SC)CCOCC1)NCC1(C(=O)N(C)C)CCCC1. The van der Waals surface area contributed by atoms with Crippen LogP contribution in [0.3, 0.4) is 0 Å². The van der Waals surface area contributed by atoms with Crippen molar-refractivity contribution < 1.29 is 9.53 Å². The van der Waals surface area contributed by atoms with Crippen LogP contribution in [-0.2, 0) is 9.53 Å². The van der Waals surface area contributed by atoms with Gasteiger partial charge in [-0.1, -0.05) is 12.8 Å². The third kappa shape index (κ3) is 5.03. The number of carbonyl (C=O) groups is 1. The van der Waals surface area contributed by atoms with Crippen LogP contribution in [0, 0.1) is 5.41 Å². The number of nitrogens with zero attached hydrogens (tertiary/aromatic N) is 2. The molecule has 2 N–H and O–H groups in total. The van der Waals surface area contributed by atoms with E-state index in [1.54, 1.807) is 11.9 Å². The zero-order valence-corrected chi connectivity index (χ0v) is 17.0. The Morgan fingerprint density at radius 1 is 1.12 bits per heavy atom. The Morgan fingerprint density at radius 3 is 2.24 bits per heavy atom. The molecule has 1 heterocycles. The first kappa shape index (κ1) is 20.4. The van der Waals surface area contributed by atoms with Crippen LogP contribution in [0.25, 0.3) is 0 Å². The molecule has 144 valence electrons. The van der Waals surface area contributed by atoms with Gasteiger partial charge in [-0.05, 0) is 31.9 Å². The molecule has 0 aromatic carbocycles. The molecule has 0 aromatic heterocycles. The van der Waals surface area contributed by atoms with Crippen LogP contribution in [0.1, 0.15) is 38.5 Å². The van der Waals surface area contributed by atoms with Crippen LogP contribution < -0.4 is 10.6 Å². The molecule has 1 saturated heterocycles. The molecule has 2 aliphatic rings. The van der Waals surface area contributed by atoms with Gasteiger partial charge in [-0.3, -0.25) is 9.79 Å². The van der Waals surface area contributed by atoms with Gasteiger partial charge in [0.15, 0.2) is 5.96 Å². The number of carbonyl (C=O) groups excluding carboxylic acids is 1. The van der Waals surface area contributed by atoms with Gasteiger partial charge >= 0.3 is 0 Å². The van der Waals surface area contributed by atoms with Crippen molar-refractivity contribution in [1.82, 2.24) is 15.5 Å². The van der Waals surface area contributed by atoms with Crippen molar-refractivity contribution in [3.8, 4) is 0 Å². The minimum Gasteiger partial charge on any atom is -0.381 e. The highest BCUT2D eigenvalue weighted by molar-refractivity contribution is 8.00. The Kier molecular flexibility index (Phi) is 7.43. The molecule has 1 aliphatic heterocycles. The zero-order chi connectivity index (χ0) is 18.3. The van der Waals surface area contributed by atoms with E-state index in [0.29, 0.717) is 6.54 Å². The minimum absolute atomic E-state index is 0.209. The van der Waals surface area contributed by atoms with E-state index in [9.17, 15) is 4.79 Å². The fraction of sp³-hybridized carbons (Fsp3) is 0.889. The van der Waals surface area contributed by atoms with Gasteiger partial charge in [0.1, 0.15) is 0 Å². The summed E-state index contributed by atoms with van der Waals surface area (Å²) in [5.41, 5.74) is -0.281. The van der Waals surface area contributed by atoms with Gasteiger partial charge in [0.2, 0.25) is 5.91 Å². The summed E-state index contributed by atoms with van der Waals surface area (Å²) in [6.45, 7) is 3.18. The summed E-state index contributed by atoms with van der Waals surface area (Å²) < 4.78 is 5.72. The van der Waals surface area contributed by atoms with E-state index in [1.165, 1.54) is 0 Å². The molecule has 0 radical (unpaired) electrons. The van der Waals surface area contributed by atoms with E-state index in [1.807, 2.05) is 25.9 Å². The van der Waals surface area contributed by atoms with Crippen molar-refractivity contribution in [3.05, 3.63) is 0 Å². The predicted molar refractivity (Wildman–Crippen MR) is 105 cm³/mol. The number of rotatable bonds is 6. The molecule has 0 bridgehead atoms. The first-order chi connectivity index (χ1) is 12.0. The average molecular weight is 371 g/mol. The molecule has 0 aromatic rings. The maximum atomic E-state index is 12.7. The predicted octanol–water partition coefficient (Wildman–Crippen LogP) is 1.71. The molecule has 0 unspecified atom stereocenters. The highest BCUT2D eigenvalue weighted by Gasteiger charge is 2.42. The summed E-state index contributed by atoms with van der Waals surface area (Å²) in [5.74, 6) is 1.02. The Bertz CT molecular complexity index is 470. The molecule has 1 aliphatic carbocycles. The average Bonchev–Trinajstić information content (AvgIpc) is 3.12. The quantitative estimate of drug-likeness (QED) is 0.550. The van der Waals surface area contributed by atoms with Gasteiger partial charge in [-0.2, -0.15) is 11.8 Å².